The van der Waals surface area contributed by atoms with Crippen molar-refractivity contribution in [2.24, 2.45) is 0 Å². The van der Waals surface area contributed by atoms with Crippen LogP contribution in [-0.4, -0.2) is 29.6 Å². The molecular weight excluding hydrogens is 224 g/mol. The van der Waals surface area contributed by atoms with Gasteiger partial charge in [-0.05, 0) is 26.7 Å². The van der Waals surface area contributed by atoms with Gasteiger partial charge in [0.2, 0.25) is 0 Å². The van der Waals surface area contributed by atoms with Crippen molar-refractivity contribution in [1.82, 2.24) is 9.97 Å². The van der Waals surface area contributed by atoms with Crippen LogP contribution in [0.2, 0.25) is 0 Å². The minimum Gasteiger partial charge on any atom is -0.370 e. The van der Waals surface area contributed by atoms with E-state index in [-0.39, 0.29) is 0 Å². The molecule has 0 bridgehead atoms. The van der Waals surface area contributed by atoms with Gasteiger partial charge in [0.1, 0.15) is 17.5 Å². The Labute approximate surface area is 110 Å². The highest BCUT2D eigenvalue weighted by atomic mass is 15.2. The van der Waals surface area contributed by atoms with Crippen LogP contribution in [0.4, 0.5) is 11.6 Å². The predicted octanol–water partition coefficient (Wildman–Crippen LogP) is 2.94. The largest absolute Gasteiger partial charge is 0.370 e. The lowest BCUT2D eigenvalue weighted by molar-refractivity contribution is 0.758. The van der Waals surface area contributed by atoms with Crippen molar-refractivity contribution in [2.45, 2.75) is 52.5 Å². The van der Waals surface area contributed by atoms with Gasteiger partial charge in [-0.25, -0.2) is 9.97 Å². The van der Waals surface area contributed by atoms with Crippen LogP contribution < -0.4 is 10.2 Å². The second kappa shape index (κ2) is 5.12. The topological polar surface area (TPSA) is 41.1 Å². The third kappa shape index (κ3) is 2.57. The lowest BCUT2D eigenvalue weighted by Crippen LogP contribution is -2.23. The summed E-state index contributed by atoms with van der Waals surface area (Å²) in [7, 11) is 2.15. The second-order valence-electron chi connectivity index (χ2n) is 5.41. The highest BCUT2D eigenvalue weighted by Crippen LogP contribution is 2.33. The third-order valence-corrected chi connectivity index (χ3v) is 3.43. The lowest BCUT2D eigenvalue weighted by atomic mass is 10.2. The molecule has 2 rings (SSSR count). The number of nitrogens with one attached hydrogen (secondary N) is 1. The van der Waals surface area contributed by atoms with E-state index in [9.17, 15) is 0 Å². The molecule has 0 unspecified atom stereocenters. The van der Waals surface area contributed by atoms with Crippen molar-refractivity contribution in [3.05, 3.63) is 11.4 Å². The van der Waals surface area contributed by atoms with Crippen LogP contribution in [0.1, 0.15) is 50.9 Å². The Balaban J connectivity index is 2.41. The molecule has 1 fully saturated rings. The maximum atomic E-state index is 4.75. The normalized spacial score (nSPS) is 15.0. The molecule has 1 aromatic rings. The molecule has 1 aromatic heterocycles. The molecular formula is C14H24N4. The predicted molar refractivity (Wildman–Crippen MR) is 76.4 cm³/mol. The standard InChI is InChI=1S/C14H24N4/c1-6-15-13-10(4)14(18(5)11-7-8-11)17-12(16-13)9(2)3/h9,11H,6-8H2,1-5H3,(H,15,16,17). The highest BCUT2D eigenvalue weighted by Gasteiger charge is 2.29. The number of hydrogen-bond acceptors (Lipinski definition) is 4. The van der Waals surface area contributed by atoms with Gasteiger partial charge in [-0.15, -0.1) is 0 Å². The van der Waals surface area contributed by atoms with Crippen molar-refractivity contribution in [3.8, 4) is 0 Å². The smallest absolute Gasteiger partial charge is 0.137 e. The summed E-state index contributed by atoms with van der Waals surface area (Å²) in [5.74, 6) is 3.36. The van der Waals surface area contributed by atoms with E-state index in [4.69, 9.17) is 4.98 Å². The van der Waals surface area contributed by atoms with Gasteiger partial charge < -0.3 is 10.2 Å². The van der Waals surface area contributed by atoms with Gasteiger partial charge in [0.05, 0.1) is 0 Å². The van der Waals surface area contributed by atoms with E-state index in [1.165, 1.54) is 12.8 Å². The quantitative estimate of drug-likeness (QED) is 0.870. The number of aromatic nitrogens is 2. The van der Waals surface area contributed by atoms with Crippen molar-refractivity contribution < 1.29 is 0 Å². The van der Waals surface area contributed by atoms with Gasteiger partial charge in [0.25, 0.3) is 0 Å². The monoisotopic (exact) mass is 248 g/mol. The molecule has 0 radical (unpaired) electrons. The Kier molecular flexibility index (Phi) is 3.73. The van der Waals surface area contributed by atoms with Crippen molar-refractivity contribution in [1.29, 1.82) is 0 Å². The van der Waals surface area contributed by atoms with E-state index >= 15 is 0 Å². The number of nitrogens with zero attached hydrogens (tertiary/aromatic N) is 3. The molecule has 1 heterocycles. The Bertz CT molecular complexity index is 424. The number of anilines is 2. The van der Waals surface area contributed by atoms with E-state index in [2.05, 4.69) is 49.9 Å². The highest BCUT2D eigenvalue weighted by molar-refractivity contribution is 5.59. The van der Waals surface area contributed by atoms with E-state index in [1.54, 1.807) is 0 Å². The first-order chi connectivity index (χ1) is 8.54. The summed E-state index contributed by atoms with van der Waals surface area (Å²) in [5.41, 5.74) is 1.16. The van der Waals surface area contributed by atoms with Crippen LogP contribution in [0.25, 0.3) is 0 Å². The van der Waals surface area contributed by atoms with Crippen LogP contribution in [0, 0.1) is 6.92 Å². The Morgan fingerprint density at radius 2 is 2.00 bits per heavy atom. The Morgan fingerprint density at radius 1 is 1.33 bits per heavy atom. The number of rotatable bonds is 5. The second-order valence-corrected chi connectivity index (χ2v) is 5.41. The molecule has 100 valence electrons. The molecule has 4 heteroatoms. The van der Waals surface area contributed by atoms with Crippen LogP contribution in [0.5, 0.6) is 0 Å². The van der Waals surface area contributed by atoms with Crippen LogP contribution >= 0.6 is 0 Å². The van der Waals surface area contributed by atoms with Gasteiger partial charge in [-0.2, -0.15) is 0 Å². The van der Waals surface area contributed by atoms with Gasteiger partial charge in [0.15, 0.2) is 0 Å². The van der Waals surface area contributed by atoms with Crippen molar-refractivity contribution >= 4 is 11.6 Å². The van der Waals surface area contributed by atoms with Gasteiger partial charge >= 0.3 is 0 Å². The van der Waals surface area contributed by atoms with E-state index in [0.717, 1.165) is 29.6 Å². The SMILES string of the molecule is CCNc1nc(C(C)C)nc(N(C)C2CC2)c1C. The molecule has 4 nitrogen and oxygen atoms in total. The van der Waals surface area contributed by atoms with Crippen LogP contribution in [-0.2, 0) is 0 Å². The van der Waals surface area contributed by atoms with E-state index in [0.29, 0.717) is 12.0 Å². The molecule has 0 amide bonds. The zero-order chi connectivity index (χ0) is 13.3. The molecule has 0 saturated heterocycles. The van der Waals surface area contributed by atoms with Crippen LogP contribution in [0.15, 0.2) is 0 Å². The molecule has 0 atom stereocenters. The molecule has 18 heavy (non-hydrogen) atoms. The molecule has 0 aliphatic heterocycles. The van der Waals surface area contributed by atoms with Crippen molar-refractivity contribution in [3.63, 3.8) is 0 Å². The average molecular weight is 248 g/mol. The summed E-state index contributed by atoms with van der Waals surface area (Å²) in [6, 6.07) is 0.674. The van der Waals surface area contributed by atoms with Gasteiger partial charge in [0, 0.05) is 31.1 Å². The van der Waals surface area contributed by atoms with E-state index in [1.807, 2.05) is 0 Å². The zero-order valence-corrected chi connectivity index (χ0v) is 12.1. The molecule has 1 aliphatic rings. The third-order valence-electron chi connectivity index (χ3n) is 3.43. The first-order valence-electron chi connectivity index (χ1n) is 6.89. The molecule has 1 N–H and O–H groups in total. The minimum atomic E-state index is 0.356. The average Bonchev–Trinajstić information content (AvgIpc) is 3.15. The number of hydrogen-bond donors (Lipinski definition) is 1. The fraction of sp³-hybridized carbons (Fsp3) is 0.714. The van der Waals surface area contributed by atoms with Crippen LogP contribution in [0.3, 0.4) is 0 Å². The minimum absolute atomic E-state index is 0.356. The summed E-state index contributed by atoms with van der Waals surface area (Å²) in [6.07, 6.45) is 2.57. The fourth-order valence-electron chi connectivity index (χ4n) is 2.10. The van der Waals surface area contributed by atoms with Gasteiger partial charge in [-0.1, -0.05) is 13.8 Å². The summed E-state index contributed by atoms with van der Waals surface area (Å²) in [6.45, 7) is 9.38. The maximum Gasteiger partial charge on any atom is 0.137 e. The fourth-order valence-corrected chi connectivity index (χ4v) is 2.10. The summed E-state index contributed by atoms with van der Waals surface area (Å²) in [4.78, 5) is 11.7. The molecule has 1 aliphatic carbocycles. The zero-order valence-electron chi connectivity index (χ0n) is 12.1. The molecule has 0 spiro atoms. The first-order valence-corrected chi connectivity index (χ1v) is 6.89. The summed E-state index contributed by atoms with van der Waals surface area (Å²) < 4.78 is 0. The summed E-state index contributed by atoms with van der Waals surface area (Å²) >= 11 is 0. The molecule has 1 saturated carbocycles. The molecule has 0 aromatic carbocycles. The first kappa shape index (κ1) is 13.1. The summed E-state index contributed by atoms with van der Waals surface area (Å²) in [5, 5.41) is 3.35. The van der Waals surface area contributed by atoms with Crippen molar-refractivity contribution in [2.75, 3.05) is 23.8 Å². The maximum absolute atomic E-state index is 4.75. The van der Waals surface area contributed by atoms with Gasteiger partial charge in [-0.3, -0.25) is 0 Å². The van der Waals surface area contributed by atoms with E-state index < -0.39 is 0 Å². The Hall–Kier alpha value is -1.32. The Morgan fingerprint density at radius 3 is 2.50 bits per heavy atom. The lowest BCUT2D eigenvalue weighted by Gasteiger charge is -2.22.